The molecule has 4 heteroatoms. The number of aromatic amines is 1. The number of hydrogen-bond donors (Lipinski definition) is 2. The van der Waals surface area contributed by atoms with Crippen molar-refractivity contribution in [1.29, 1.82) is 0 Å². The van der Waals surface area contributed by atoms with Gasteiger partial charge in [0.2, 0.25) is 5.95 Å². The number of rotatable bonds is 8. The lowest BCUT2D eigenvalue weighted by Crippen LogP contribution is -2.23. The number of para-hydroxylation sites is 2. The lowest BCUT2D eigenvalue weighted by Gasteiger charge is -2.36. The number of anilines is 1. The molecule has 0 radical (unpaired) electrons. The van der Waals surface area contributed by atoms with Crippen molar-refractivity contribution in [3.8, 4) is 0 Å². The highest BCUT2D eigenvalue weighted by Gasteiger charge is 2.30. The first-order chi connectivity index (χ1) is 13.8. The van der Waals surface area contributed by atoms with Gasteiger partial charge in [-0.3, -0.25) is 10.1 Å². The van der Waals surface area contributed by atoms with Crippen molar-refractivity contribution < 1.29 is 4.79 Å². The molecular formula is C25H33N3O. The van der Waals surface area contributed by atoms with Crippen LogP contribution in [-0.2, 0) is 0 Å². The number of aromatic nitrogens is 2. The monoisotopic (exact) mass is 391 g/mol. The number of imidazole rings is 1. The van der Waals surface area contributed by atoms with Crippen molar-refractivity contribution in [2.24, 2.45) is 11.3 Å². The maximum atomic E-state index is 12.7. The summed E-state index contributed by atoms with van der Waals surface area (Å²) in [6, 6.07) is 15.9. The number of carbonyl (C=O) groups is 1. The molecular weight excluding hydrogens is 358 g/mol. The van der Waals surface area contributed by atoms with Crippen molar-refractivity contribution in [3.63, 3.8) is 0 Å². The zero-order valence-electron chi connectivity index (χ0n) is 18.3. The van der Waals surface area contributed by atoms with E-state index in [1.54, 1.807) is 0 Å². The van der Waals surface area contributed by atoms with Gasteiger partial charge in [0.05, 0.1) is 11.0 Å². The van der Waals surface area contributed by atoms with Crippen LogP contribution in [0, 0.1) is 11.3 Å². The molecule has 2 atom stereocenters. The topological polar surface area (TPSA) is 57.8 Å². The summed E-state index contributed by atoms with van der Waals surface area (Å²) >= 11 is 0. The first-order valence-corrected chi connectivity index (χ1v) is 10.7. The van der Waals surface area contributed by atoms with Gasteiger partial charge in [0.25, 0.3) is 5.91 Å². The average molecular weight is 392 g/mol. The first kappa shape index (κ1) is 21.1. The average Bonchev–Trinajstić information content (AvgIpc) is 3.14. The molecule has 29 heavy (non-hydrogen) atoms. The number of hydrogen-bond acceptors (Lipinski definition) is 2. The lowest BCUT2D eigenvalue weighted by molar-refractivity contribution is 0.102. The number of carbonyl (C=O) groups excluding carboxylic acids is 1. The van der Waals surface area contributed by atoms with Gasteiger partial charge in [-0.25, -0.2) is 4.98 Å². The van der Waals surface area contributed by atoms with Crippen LogP contribution < -0.4 is 5.32 Å². The Morgan fingerprint density at radius 2 is 1.79 bits per heavy atom. The van der Waals surface area contributed by atoms with Crippen LogP contribution in [0.3, 0.4) is 0 Å². The van der Waals surface area contributed by atoms with Crippen LogP contribution in [0.1, 0.15) is 75.7 Å². The summed E-state index contributed by atoms with van der Waals surface area (Å²) in [5.41, 5.74) is 3.94. The molecule has 0 aliphatic heterocycles. The molecule has 0 aliphatic carbocycles. The Morgan fingerprint density at radius 3 is 2.41 bits per heavy atom. The van der Waals surface area contributed by atoms with Crippen molar-refractivity contribution in [3.05, 3.63) is 59.7 Å². The van der Waals surface area contributed by atoms with E-state index in [1.165, 1.54) is 18.4 Å². The smallest absolute Gasteiger partial charge is 0.257 e. The van der Waals surface area contributed by atoms with Crippen LogP contribution in [0.5, 0.6) is 0 Å². The third-order valence-electron chi connectivity index (χ3n) is 6.39. The van der Waals surface area contributed by atoms with Gasteiger partial charge in [0.15, 0.2) is 0 Å². The Hall–Kier alpha value is -2.62. The van der Waals surface area contributed by atoms with E-state index >= 15 is 0 Å². The van der Waals surface area contributed by atoms with Crippen molar-refractivity contribution in [2.45, 2.75) is 59.8 Å². The molecule has 154 valence electrons. The van der Waals surface area contributed by atoms with Gasteiger partial charge < -0.3 is 4.98 Å². The van der Waals surface area contributed by atoms with E-state index in [0.29, 0.717) is 23.3 Å². The van der Waals surface area contributed by atoms with Gasteiger partial charge in [-0.2, -0.15) is 0 Å². The van der Waals surface area contributed by atoms with Crippen LogP contribution in [0.4, 0.5) is 5.95 Å². The van der Waals surface area contributed by atoms with Crippen LogP contribution >= 0.6 is 0 Å². The quantitative estimate of drug-likeness (QED) is 0.445. The Bertz CT molecular complexity index is 923. The second kappa shape index (κ2) is 8.81. The molecule has 2 unspecified atom stereocenters. The van der Waals surface area contributed by atoms with Gasteiger partial charge >= 0.3 is 0 Å². The Balaban J connectivity index is 1.77. The van der Waals surface area contributed by atoms with Crippen LogP contribution in [0.25, 0.3) is 11.0 Å². The molecule has 0 fully saturated rings. The Kier molecular flexibility index (Phi) is 6.41. The van der Waals surface area contributed by atoms with Crippen LogP contribution in [0.2, 0.25) is 0 Å². The molecule has 4 nitrogen and oxygen atoms in total. The minimum absolute atomic E-state index is 0.149. The highest BCUT2D eigenvalue weighted by molar-refractivity contribution is 6.03. The van der Waals surface area contributed by atoms with E-state index in [4.69, 9.17) is 0 Å². The van der Waals surface area contributed by atoms with E-state index in [2.05, 4.69) is 62.0 Å². The molecule has 3 aromatic rings. The normalized spacial score (nSPS) is 14.0. The Morgan fingerprint density at radius 1 is 1.10 bits per heavy atom. The third kappa shape index (κ3) is 4.87. The zero-order chi connectivity index (χ0) is 21.0. The highest BCUT2D eigenvalue weighted by atomic mass is 16.1. The van der Waals surface area contributed by atoms with Crippen molar-refractivity contribution in [1.82, 2.24) is 9.97 Å². The molecule has 1 amide bonds. The molecule has 0 saturated carbocycles. The molecule has 0 spiro atoms. The van der Waals surface area contributed by atoms with Crippen molar-refractivity contribution in [2.75, 3.05) is 5.32 Å². The van der Waals surface area contributed by atoms with Gasteiger partial charge in [-0.15, -0.1) is 0 Å². The van der Waals surface area contributed by atoms with Gasteiger partial charge in [-0.05, 0) is 53.5 Å². The molecule has 1 heterocycles. The fourth-order valence-corrected chi connectivity index (χ4v) is 3.78. The molecule has 0 saturated heterocycles. The second-order valence-corrected chi connectivity index (χ2v) is 8.82. The molecule has 3 rings (SSSR count). The number of nitrogens with zero attached hydrogens (tertiary/aromatic N) is 1. The fraction of sp³-hybridized carbons (Fsp3) is 0.440. The van der Waals surface area contributed by atoms with Crippen LogP contribution in [-0.4, -0.2) is 15.9 Å². The fourth-order valence-electron chi connectivity index (χ4n) is 3.78. The zero-order valence-corrected chi connectivity index (χ0v) is 18.3. The number of fused-ring (bicyclic) bond motifs is 1. The van der Waals surface area contributed by atoms with E-state index in [9.17, 15) is 4.79 Å². The number of nitrogens with one attached hydrogen (secondary N) is 2. The maximum absolute atomic E-state index is 12.7. The highest BCUT2D eigenvalue weighted by Crippen LogP contribution is 2.42. The molecule has 2 N–H and O–H groups in total. The van der Waals surface area contributed by atoms with E-state index < -0.39 is 0 Å². The van der Waals surface area contributed by atoms with E-state index in [0.717, 1.165) is 17.5 Å². The largest absolute Gasteiger partial charge is 0.324 e. The summed E-state index contributed by atoms with van der Waals surface area (Å²) in [4.78, 5) is 20.2. The van der Waals surface area contributed by atoms with Gasteiger partial charge in [-0.1, -0.05) is 71.7 Å². The predicted octanol–water partition coefficient (Wildman–Crippen LogP) is 6.77. The lowest BCUT2D eigenvalue weighted by atomic mass is 9.69. The number of amides is 1. The summed E-state index contributed by atoms with van der Waals surface area (Å²) in [5, 5.41) is 2.87. The first-order valence-electron chi connectivity index (χ1n) is 10.7. The minimum Gasteiger partial charge on any atom is -0.324 e. The number of benzene rings is 2. The second-order valence-electron chi connectivity index (χ2n) is 8.82. The molecule has 1 aromatic heterocycles. The molecule has 2 aromatic carbocycles. The summed E-state index contributed by atoms with van der Waals surface area (Å²) in [5.74, 6) is 1.49. The van der Waals surface area contributed by atoms with E-state index in [-0.39, 0.29) is 11.3 Å². The number of H-pyrrole nitrogens is 1. The summed E-state index contributed by atoms with van der Waals surface area (Å²) in [6.07, 6.45) is 3.48. The van der Waals surface area contributed by atoms with Gasteiger partial charge in [0.1, 0.15) is 0 Å². The van der Waals surface area contributed by atoms with Crippen molar-refractivity contribution >= 4 is 22.9 Å². The standard InChI is InChI=1S/C25H33N3O/c1-6-17(3)16-20(25(4,5)7-2)18-12-14-19(15-13-18)23(29)28-24-26-21-10-8-9-11-22(21)27-24/h8-15,17,20H,6-7,16H2,1-5H3,(H2,26,27,28,29). The summed E-state index contributed by atoms with van der Waals surface area (Å²) in [6.45, 7) is 11.5. The minimum atomic E-state index is -0.149. The van der Waals surface area contributed by atoms with Crippen LogP contribution in [0.15, 0.2) is 48.5 Å². The third-order valence-corrected chi connectivity index (χ3v) is 6.39. The summed E-state index contributed by atoms with van der Waals surface area (Å²) in [7, 11) is 0. The maximum Gasteiger partial charge on any atom is 0.257 e. The molecule has 0 bridgehead atoms. The van der Waals surface area contributed by atoms with E-state index in [1.807, 2.05) is 36.4 Å². The predicted molar refractivity (Wildman–Crippen MR) is 121 cm³/mol. The summed E-state index contributed by atoms with van der Waals surface area (Å²) < 4.78 is 0. The Labute approximate surface area is 174 Å². The van der Waals surface area contributed by atoms with Gasteiger partial charge in [0, 0.05) is 5.56 Å². The molecule has 0 aliphatic rings. The SMILES string of the molecule is CCC(C)CC(c1ccc(C(=O)Nc2nc3ccccc3[nH]2)cc1)C(C)(C)CC.